The Morgan fingerprint density at radius 2 is 1.83 bits per heavy atom. The van der Waals surface area contributed by atoms with Crippen LogP contribution in [0, 0.1) is 18.8 Å². The number of aromatic amines is 1. The van der Waals surface area contributed by atoms with E-state index in [1.54, 1.807) is 4.52 Å². The lowest BCUT2D eigenvalue weighted by molar-refractivity contribution is 0.0776. The molecular formula is C20H26N8O. The molecule has 5 heterocycles. The van der Waals surface area contributed by atoms with Crippen molar-refractivity contribution in [3.63, 3.8) is 0 Å². The predicted octanol–water partition coefficient (Wildman–Crippen LogP) is 1.66. The van der Waals surface area contributed by atoms with E-state index in [-0.39, 0.29) is 11.3 Å². The second-order valence-electron chi connectivity index (χ2n) is 9.26. The number of hydrogen-bond acceptors (Lipinski definition) is 6. The standard InChI is InChI=1S/C20H26N8O/c1-12-21-24-17-5-6-18(25-28(12)17)26-8-13-10-27(11-14(13)9-26)19(29)15-7-16(23-22-15)20(2,3)4/h5-7,13-14H,8-11H2,1-4H3,(H,22,23). The normalized spacial score (nSPS) is 21.9. The predicted molar refractivity (Wildman–Crippen MR) is 108 cm³/mol. The fourth-order valence-corrected chi connectivity index (χ4v) is 4.38. The third-order valence-corrected chi connectivity index (χ3v) is 6.11. The van der Waals surface area contributed by atoms with Crippen molar-refractivity contribution in [2.75, 3.05) is 31.1 Å². The van der Waals surface area contributed by atoms with Gasteiger partial charge in [0.05, 0.1) is 0 Å². The van der Waals surface area contributed by atoms with Gasteiger partial charge in [0.15, 0.2) is 11.5 Å². The highest BCUT2D eigenvalue weighted by Gasteiger charge is 2.42. The maximum Gasteiger partial charge on any atom is 0.274 e. The number of anilines is 1. The number of likely N-dealkylation sites (tertiary alicyclic amines) is 1. The summed E-state index contributed by atoms with van der Waals surface area (Å²) in [5.74, 6) is 2.66. The van der Waals surface area contributed by atoms with E-state index in [9.17, 15) is 4.79 Å². The summed E-state index contributed by atoms with van der Waals surface area (Å²) in [6.07, 6.45) is 0. The summed E-state index contributed by atoms with van der Waals surface area (Å²) in [6, 6.07) is 5.85. The zero-order chi connectivity index (χ0) is 20.3. The van der Waals surface area contributed by atoms with Crippen LogP contribution in [-0.4, -0.2) is 67.0 Å². The van der Waals surface area contributed by atoms with Gasteiger partial charge in [-0.25, -0.2) is 0 Å². The van der Waals surface area contributed by atoms with Crippen molar-refractivity contribution in [1.82, 2.24) is 34.9 Å². The molecule has 2 aliphatic heterocycles. The summed E-state index contributed by atoms with van der Waals surface area (Å²) in [7, 11) is 0. The van der Waals surface area contributed by atoms with Crippen LogP contribution in [0.25, 0.3) is 5.65 Å². The largest absolute Gasteiger partial charge is 0.354 e. The van der Waals surface area contributed by atoms with Gasteiger partial charge in [-0.3, -0.25) is 9.89 Å². The maximum atomic E-state index is 12.9. The molecule has 1 N–H and O–H groups in total. The number of fused-ring (bicyclic) bond motifs is 2. The summed E-state index contributed by atoms with van der Waals surface area (Å²) < 4.78 is 1.78. The maximum absolute atomic E-state index is 12.9. The van der Waals surface area contributed by atoms with Crippen molar-refractivity contribution >= 4 is 17.4 Å². The third-order valence-electron chi connectivity index (χ3n) is 6.11. The zero-order valence-electron chi connectivity index (χ0n) is 17.3. The molecule has 2 fully saturated rings. The van der Waals surface area contributed by atoms with E-state index >= 15 is 0 Å². The molecule has 2 unspecified atom stereocenters. The van der Waals surface area contributed by atoms with E-state index in [0.717, 1.165) is 49.2 Å². The summed E-state index contributed by atoms with van der Waals surface area (Å²) in [5.41, 5.74) is 2.21. The van der Waals surface area contributed by atoms with Crippen LogP contribution in [0.4, 0.5) is 5.82 Å². The number of carbonyl (C=O) groups excluding carboxylic acids is 1. The second-order valence-corrected chi connectivity index (χ2v) is 9.26. The number of H-pyrrole nitrogens is 1. The highest BCUT2D eigenvalue weighted by atomic mass is 16.2. The number of rotatable bonds is 2. The lowest BCUT2D eigenvalue weighted by atomic mass is 9.92. The third kappa shape index (κ3) is 3.04. The van der Waals surface area contributed by atoms with Gasteiger partial charge in [0.2, 0.25) is 0 Å². The molecule has 1 amide bonds. The van der Waals surface area contributed by atoms with Crippen molar-refractivity contribution in [1.29, 1.82) is 0 Å². The lowest BCUT2D eigenvalue weighted by Gasteiger charge is -2.22. The van der Waals surface area contributed by atoms with Crippen LogP contribution in [0.3, 0.4) is 0 Å². The van der Waals surface area contributed by atoms with Crippen LogP contribution in [0.2, 0.25) is 0 Å². The Hall–Kier alpha value is -2.97. The number of carbonyl (C=O) groups is 1. The summed E-state index contributed by atoms with van der Waals surface area (Å²) in [6.45, 7) is 11.6. The van der Waals surface area contributed by atoms with Crippen LogP contribution in [0.1, 0.15) is 42.8 Å². The first-order valence-electron chi connectivity index (χ1n) is 10.1. The smallest absolute Gasteiger partial charge is 0.274 e. The van der Waals surface area contributed by atoms with Gasteiger partial charge in [0.25, 0.3) is 5.91 Å². The molecule has 152 valence electrons. The molecule has 2 atom stereocenters. The van der Waals surface area contributed by atoms with Crippen LogP contribution in [0.5, 0.6) is 0 Å². The molecule has 3 aromatic heterocycles. The Kier molecular flexibility index (Phi) is 3.91. The molecule has 0 radical (unpaired) electrons. The second kappa shape index (κ2) is 6.27. The number of amides is 1. The number of nitrogens with one attached hydrogen (secondary N) is 1. The average molecular weight is 394 g/mol. The van der Waals surface area contributed by atoms with Crippen LogP contribution in [0.15, 0.2) is 18.2 Å². The minimum atomic E-state index is -0.0508. The van der Waals surface area contributed by atoms with Gasteiger partial charge in [-0.2, -0.15) is 9.61 Å². The Morgan fingerprint density at radius 1 is 1.10 bits per heavy atom. The van der Waals surface area contributed by atoms with Crippen molar-refractivity contribution in [2.45, 2.75) is 33.1 Å². The van der Waals surface area contributed by atoms with Gasteiger partial charge in [0, 0.05) is 49.1 Å². The van der Waals surface area contributed by atoms with E-state index in [4.69, 9.17) is 5.10 Å². The lowest BCUT2D eigenvalue weighted by Crippen LogP contribution is -2.33. The molecule has 0 spiro atoms. The average Bonchev–Trinajstić information content (AvgIpc) is 3.43. The Labute approximate surface area is 169 Å². The molecule has 9 nitrogen and oxygen atoms in total. The quantitative estimate of drug-likeness (QED) is 0.710. The van der Waals surface area contributed by atoms with Gasteiger partial charge >= 0.3 is 0 Å². The molecule has 5 rings (SSSR count). The first-order valence-corrected chi connectivity index (χ1v) is 10.1. The van der Waals surface area contributed by atoms with E-state index in [2.05, 4.69) is 46.1 Å². The fourth-order valence-electron chi connectivity index (χ4n) is 4.38. The SMILES string of the molecule is Cc1nnc2ccc(N3CC4CN(C(=O)c5cc(C(C)(C)C)[nH]n5)CC4C3)nn12. The highest BCUT2D eigenvalue weighted by Crippen LogP contribution is 2.34. The van der Waals surface area contributed by atoms with Gasteiger partial charge in [0.1, 0.15) is 11.5 Å². The number of aromatic nitrogens is 6. The minimum Gasteiger partial charge on any atom is -0.354 e. The Balaban J connectivity index is 1.27. The first kappa shape index (κ1) is 18.1. The number of nitrogens with zero attached hydrogens (tertiary/aromatic N) is 7. The monoisotopic (exact) mass is 394 g/mol. The Bertz CT molecular complexity index is 1060. The van der Waals surface area contributed by atoms with Gasteiger partial charge in [-0.15, -0.1) is 15.3 Å². The van der Waals surface area contributed by atoms with Crippen LogP contribution < -0.4 is 4.90 Å². The van der Waals surface area contributed by atoms with Gasteiger partial charge in [-0.1, -0.05) is 20.8 Å². The minimum absolute atomic E-state index is 0.0253. The van der Waals surface area contributed by atoms with E-state index in [1.807, 2.05) is 30.0 Å². The number of hydrogen-bond donors (Lipinski definition) is 1. The van der Waals surface area contributed by atoms with Crippen molar-refractivity contribution in [2.24, 2.45) is 11.8 Å². The van der Waals surface area contributed by atoms with E-state index in [0.29, 0.717) is 17.5 Å². The molecule has 2 aliphatic rings. The van der Waals surface area contributed by atoms with Gasteiger partial charge in [-0.05, 0) is 25.1 Å². The molecule has 9 heteroatoms. The summed E-state index contributed by atoms with van der Waals surface area (Å²) >= 11 is 0. The molecule has 0 bridgehead atoms. The molecule has 0 saturated carbocycles. The fraction of sp³-hybridized carbons (Fsp3) is 0.550. The molecule has 0 aromatic carbocycles. The summed E-state index contributed by atoms with van der Waals surface area (Å²) in [4.78, 5) is 17.2. The zero-order valence-corrected chi connectivity index (χ0v) is 17.3. The number of aryl methyl sites for hydroxylation is 1. The molecule has 0 aliphatic carbocycles. The molecule has 29 heavy (non-hydrogen) atoms. The Morgan fingerprint density at radius 3 is 2.48 bits per heavy atom. The van der Waals surface area contributed by atoms with Gasteiger partial charge < -0.3 is 9.80 Å². The molecular weight excluding hydrogens is 368 g/mol. The highest BCUT2D eigenvalue weighted by molar-refractivity contribution is 5.92. The van der Waals surface area contributed by atoms with Crippen molar-refractivity contribution in [3.8, 4) is 0 Å². The van der Waals surface area contributed by atoms with E-state index in [1.165, 1.54) is 0 Å². The molecule has 3 aromatic rings. The first-order chi connectivity index (χ1) is 13.8. The topological polar surface area (TPSA) is 95.3 Å². The van der Waals surface area contributed by atoms with Crippen molar-refractivity contribution < 1.29 is 4.79 Å². The van der Waals surface area contributed by atoms with Crippen molar-refractivity contribution in [3.05, 3.63) is 35.4 Å². The summed E-state index contributed by atoms with van der Waals surface area (Å²) in [5, 5.41) is 20.2. The van der Waals surface area contributed by atoms with Crippen LogP contribution in [-0.2, 0) is 5.41 Å². The molecule has 2 saturated heterocycles. The van der Waals surface area contributed by atoms with Crippen LogP contribution >= 0.6 is 0 Å². The van der Waals surface area contributed by atoms with E-state index < -0.39 is 0 Å².